The van der Waals surface area contributed by atoms with Crippen molar-refractivity contribution in [3.05, 3.63) is 47.5 Å². The summed E-state index contributed by atoms with van der Waals surface area (Å²) in [6.45, 7) is 2.25. The topological polar surface area (TPSA) is 60.5 Å². The van der Waals surface area contributed by atoms with Gasteiger partial charge in [0, 0.05) is 0 Å². The van der Waals surface area contributed by atoms with Crippen LogP contribution in [-0.2, 0) is 11.2 Å². The largest absolute Gasteiger partial charge is 0.454 e. The molecule has 116 valence electrons. The van der Waals surface area contributed by atoms with E-state index in [0.717, 1.165) is 27.1 Å². The Hall–Kier alpha value is -2.60. The van der Waals surface area contributed by atoms with Gasteiger partial charge in [0.1, 0.15) is 0 Å². The van der Waals surface area contributed by atoms with Gasteiger partial charge in [0.25, 0.3) is 0 Å². The highest BCUT2D eigenvalue weighted by Gasteiger charge is 2.15. The summed E-state index contributed by atoms with van der Waals surface area (Å²) in [6.07, 6.45) is 0.269. The molecule has 0 fully saturated rings. The first-order valence-corrected chi connectivity index (χ1v) is 8.05. The highest BCUT2D eigenvalue weighted by atomic mass is 32.1. The monoisotopic (exact) mass is 326 g/mol. The van der Waals surface area contributed by atoms with E-state index in [1.807, 2.05) is 43.3 Å². The Balaban J connectivity index is 1.49. The number of para-hydroxylation sites is 1. The van der Waals surface area contributed by atoms with Crippen molar-refractivity contribution in [3.8, 4) is 11.5 Å². The number of carbonyl (C=O) groups excluding carboxylic acids is 1. The highest BCUT2D eigenvalue weighted by molar-refractivity contribution is 7.22. The van der Waals surface area contributed by atoms with Gasteiger partial charge < -0.3 is 14.8 Å². The Morgan fingerprint density at radius 1 is 1.26 bits per heavy atom. The van der Waals surface area contributed by atoms with Crippen molar-refractivity contribution in [2.45, 2.75) is 13.3 Å². The van der Waals surface area contributed by atoms with Crippen molar-refractivity contribution in [1.82, 2.24) is 4.98 Å². The molecular weight excluding hydrogens is 312 g/mol. The second-order valence-electron chi connectivity index (χ2n) is 5.35. The molecule has 1 N–H and O–H groups in total. The smallest absolute Gasteiger partial charge is 0.231 e. The summed E-state index contributed by atoms with van der Waals surface area (Å²) in [5, 5.41) is 3.50. The SMILES string of the molecule is Cc1cccc2sc(NC(=O)Cc3ccc4c(c3)OCO4)nc12. The predicted octanol–water partition coefficient (Wildman–Crippen LogP) is 3.51. The summed E-state index contributed by atoms with van der Waals surface area (Å²) in [4.78, 5) is 16.7. The Morgan fingerprint density at radius 3 is 3.00 bits per heavy atom. The van der Waals surface area contributed by atoms with E-state index < -0.39 is 0 Å². The van der Waals surface area contributed by atoms with E-state index in [4.69, 9.17) is 9.47 Å². The molecule has 3 aromatic rings. The Bertz CT molecular complexity index is 904. The average Bonchev–Trinajstić information content (AvgIpc) is 3.13. The lowest BCUT2D eigenvalue weighted by molar-refractivity contribution is -0.115. The molecule has 0 atom stereocenters. The number of nitrogens with zero attached hydrogens (tertiary/aromatic N) is 1. The number of ether oxygens (including phenoxy) is 2. The van der Waals surface area contributed by atoms with Gasteiger partial charge in [-0.05, 0) is 36.2 Å². The van der Waals surface area contributed by atoms with Crippen LogP contribution in [0.2, 0.25) is 0 Å². The zero-order valence-electron chi connectivity index (χ0n) is 12.5. The molecule has 0 radical (unpaired) electrons. The molecule has 1 amide bonds. The molecule has 1 aliphatic rings. The Morgan fingerprint density at radius 2 is 2.13 bits per heavy atom. The van der Waals surface area contributed by atoms with Crippen molar-refractivity contribution in [1.29, 1.82) is 0 Å². The molecule has 4 rings (SSSR count). The van der Waals surface area contributed by atoms with Crippen LogP contribution in [-0.4, -0.2) is 17.7 Å². The first kappa shape index (κ1) is 14.0. The van der Waals surface area contributed by atoms with Crippen LogP contribution >= 0.6 is 11.3 Å². The fourth-order valence-corrected chi connectivity index (χ4v) is 3.50. The van der Waals surface area contributed by atoms with Gasteiger partial charge in [0.2, 0.25) is 12.7 Å². The van der Waals surface area contributed by atoms with Crippen LogP contribution in [0.25, 0.3) is 10.2 Å². The van der Waals surface area contributed by atoms with Crippen LogP contribution in [0.4, 0.5) is 5.13 Å². The minimum absolute atomic E-state index is 0.0967. The third kappa shape index (κ3) is 2.73. The minimum atomic E-state index is -0.0967. The second-order valence-corrected chi connectivity index (χ2v) is 6.38. The highest BCUT2D eigenvalue weighted by Crippen LogP contribution is 2.33. The molecule has 0 saturated heterocycles. The van der Waals surface area contributed by atoms with E-state index in [-0.39, 0.29) is 19.1 Å². The fourth-order valence-electron chi connectivity index (χ4n) is 2.54. The minimum Gasteiger partial charge on any atom is -0.454 e. The maximum atomic E-state index is 12.2. The number of benzene rings is 2. The molecule has 2 heterocycles. The average molecular weight is 326 g/mol. The molecule has 2 aromatic carbocycles. The number of thiazole rings is 1. The van der Waals surface area contributed by atoms with Crippen LogP contribution in [0, 0.1) is 6.92 Å². The summed E-state index contributed by atoms with van der Waals surface area (Å²) < 4.78 is 11.7. The lowest BCUT2D eigenvalue weighted by atomic mass is 10.1. The number of nitrogens with one attached hydrogen (secondary N) is 1. The molecule has 6 heteroatoms. The first-order chi connectivity index (χ1) is 11.2. The van der Waals surface area contributed by atoms with Gasteiger partial charge in [0.05, 0.1) is 16.6 Å². The van der Waals surface area contributed by atoms with Crippen LogP contribution in [0.3, 0.4) is 0 Å². The molecule has 5 nitrogen and oxygen atoms in total. The van der Waals surface area contributed by atoms with Gasteiger partial charge >= 0.3 is 0 Å². The van der Waals surface area contributed by atoms with Crippen molar-refractivity contribution in [3.63, 3.8) is 0 Å². The number of fused-ring (bicyclic) bond motifs is 2. The summed E-state index contributed by atoms with van der Waals surface area (Å²) in [7, 11) is 0. The maximum absolute atomic E-state index is 12.2. The van der Waals surface area contributed by atoms with Gasteiger partial charge in [-0.15, -0.1) is 0 Å². The van der Waals surface area contributed by atoms with Crippen LogP contribution < -0.4 is 14.8 Å². The molecular formula is C17H14N2O3S. The molecule has 23 heavy (non-hydrogen) atoms. The molecule has 1 aromatic heterocycles. The number of rotatable bonds is 3. The van der Waals surface area contributed by atoms with Crippen LogP contribution in [0.15, 0.2) is 36.4 Å². The van der Waals surface area contributed by atoms with Crippen molar-refractivity contribution in [2.24, 2.45) is 0 Å². The third-order valence-corrected chi connectivity index (χ3v) is 4.60. The molecule has 0 aliphatic carbocycles. The zero-order chi connectivity index (χ0) is 15.8. The van der Waals surface area contributed by atoms with E-state index in [1.165, 1.54) is 11.3 Å². The van der Waals surface area contributed by atoms with Gasteiger partial charge in [0.15, 0.2) is 16.6 Å². The number of aromatic nitrogens is 1. The first-order valence-electron chi connectivity index (χ1n) is 7.23. The van der Waals surface area contributed by atoms with Crippen LogP contribution in [0.1, 0.15) is 11.1 Å². The van der Waals surface area contributed by atoms with Crippen LogP contribution in [0.5, 0.6) is 11.5 Å². The summed E-state index contributed by atoms with van der Waals surface area (Å²) >= 11 is 1.48. The van der Waals surface area contributed by atoms with Crippen molar-refractivity contribution in [2.75, 3.05) is 12.1 Å². The number of amides is 1. The van der Waals surface area contributed by atoms with Crippen molar-refractivity contribution < 1.29 is 14.3 Å². The normalized spacial score (nSPS) is 12.6. The van der Waals surface area contributed by atoms with Gasteiger partial charge in [-0.25, -0.2) is 4.98 Å². The molecule has 0 bridgehead atoms. The second kappa shape index (κ2) is 5.55. The van der Waals surface area contributed by atoms with E-state index >= 15 is 0 Å². The number of anilines is 1. The quantitative estimate of drug-likeness (QED) is 0.800. The Kier molecular flexibility index (Phi) is 3.38. The number of aryl methyl sites for hydroxylation is 1. The number of carbonyl (C=O) groups is 1. The zero-order valence-corrected chi connectivity index (χ0v) is 13.3. The summed E-state index contributed by atoms with van der Waals surface area (Å²) in [5.74, 6) is 1.31. The summed E-state index contributed by atoms with van der Waals surface area (Å²) in [5.41, 5.74) is 2.93. The standard InChI is InChI=1S/C17H14N2O3S/c1-10-3-2-4-14-16(10)19-17(23-14)18-15(20)8-11-5-6-12-13(7-11)22-9-21-12/h2-7H,8-9H2,1H3,(H,18,19,20). The van der Waals surface area contributed by atoms with Gasteiger partial charge in [-0.1, -0.05) is 29.5 Å². The third-order valence-electron chi connectivity index (χ3n) is 3.67. The van der Waals surface area contributed by atoms with E-state index in [1.54, 1.807) is 0 Å². The lowest BCUT2D eigenvalue weighted by Gasteiger charge is -2.03. The summed E-state index contributed by atoms with van der Waals surface area (Å²) in [6, 6.07) is 11.5. The predicted molar refractivity (Wildman–Crippen MR) is 89.3 cm³/mol. The van der Waals surface area contributed by atoms with Crippen molar-refractivity contribution >= 4 is 32.6 Å². The van der Waals surface area contributed by atoms with E-state index in [0.29, 0.717) is 10.9 Å². The van der Waals surface area contributed by atoms with Gasteiger partial charge in [-0.2, -0.15) is 0 Å². The fraction of sp³-hybridized carbons (Fsp3) is 0.176. The molecule has 1 aliphatic heterocycles. The number of hydrogen-bond acceptors (Lipinski definition) is 5. The molecule has 0 spiro atoms. The van der Waals surface area contributed by atoms with Gasteiger partial charge in [-0.3, -0.25) is 4.79 Å². The maximum Gasteiger partial charge on any atom is 0.231 e. The van der Waals surface area contributed by atoms with E-state index in [9.17, 15) is 4.79 Å². The molecule has 0 unspecified atom stereocenters. The number of hydrogen-bond donors (Lipinski definition) is 1. The van der Waals surface area contributed by atoms with E-state index in [2.05, 4.69) is 10.3 Å². The Labute approximate surface area is 136 Å². The molecule has 0 saturated carbocycles. The lowest BCUT2D eigenvalue weighted by Crippen LogP contribution is -2.14.